The van der Waals surface area contributed by atoms with Gasteiger partial charge in [0.05, 0.1) is 0 Å². The topological polar surface area (TPSA) is 18.5 Å². The summed E-state index contributed by atoms with van der Waals surface area (Å²) in [6.45, 7) is 0. The molecule has 2 nitrogen and oxygen atoms in total. The zero-order valence-electron chi connectivity index (χ0n) is 21.9. The Kier molecular flexibility index (Phi) is 7.88. The summed E-state index contributed by atoms with van der Waals surface area (Å²) in [6, 6.07) is 38.3. The molecule has 0 aromatic heterocycles. The number of benzene rings is 4. The predicted octanol–water partition coefficient (Wildman–Crippen LogP) is 9.14. The van der Waals surface area contributed by atoms with Crippen LogP contribution in [-0.2, 0) is 34.0 Å². The molecule has 0 N–H and O–H groups in total. The van der Waals surface area contributed by atoms with Gasteiger partial charge in [-0.15, -0.1) is 0 Å². The van der Waals surface area contributed by atoms with Crippen molar-refractivity contribution in [1.29, 1.82) is 0 Å². The number of allylic oxidation sites excluding steroid dienone is 8. The van der Waals surface area contributed by atoms with Gasteiger partial charge in [0.25, 0.3) is 0 Å². The predicted molar refractivity (Wildman–Crippen MR) is 157 cm³/mol. The minimum absolute atomic E-state index is 0.157. The quantitative estimate of drug-likeness (QED) is 0.184. The Morgan fingerprint density at radius 2 is 0.744 bits per heavy atom. The SMILES string of the molecule is C1=C[CH]([Zr]([O]c2ccc(Cc3ccccc3)cc2)([O]c2ccc(Cc3ccccc3)cc2)[CH]2C=CC=C2)C=C1. The van der Waals surface area contributed by atoms with Crippen molar-refractivity contribution in [3.05, 3.63) is 180 Å². The molecule has 0 bridgehead atoms. The second-order valence-corrected chi connectivity index (χ2v) is 18.0. The Balaban J connectivity index is 1.27. The number of hydrogen-bond acceptors (Lipinski definition) is 2. The molecule has 0 atom stereocenters. The molecule has 0 fully saturated rings. The van der Waals surface area contributed by atoms with Gasteiger partial charge in [0, 0.05) is 0 Å². The molecule has 192 valence electrons. The standard InChI is InChI=1S/2C13H12O.2C5H5.Zr/c2*14-13-8-6-12(7-9-13)10-11-4-2-1-3-5-11;2*1-2-4-5-3-1;/h2*1-9,14H,10H2;2*1-5H;/q;;;;+2/p-2. The maximum absolute atomic E-state index is 7.09. The molecular weight excluding hydrogens is 556 g/mol. The Morgan fingerprint density at radius 3 is 1.10 bits per heavy atom. The molecule has 4 aromatic carbocycles. The fraction of sp³-hybridized carbons (Fsp3) is 0.111. The van der Waals surface area contributed by atoms with Crippen LogP contribution in [0.4, 0.5) is 0 Å². The Morgan fingerprint density at radius 1 is 0.410 bits per heavy atom. The first-order valence-corrected chi connectivity index (χ1v) is 18.5. The van der Waals surface area contributed by atoms with Gasteiger partial charge in [0.2, 0.25) is 0 Å². The van der Waals surface area contributed by atoms with Gasteiger partial charge in [-0.2, -0.15) is 0 Å². The molecular formula is C36H32O2Zr. The molecule has 2 aliphatic rings. The van der Waals surface area contributed by atoms with Gasteiger partial charge in [-0.25, -0.2) is 0 Å². The van der Waals surface area contributed by atoms with E-state index < -0.39 is 21.1 Å². The molecule has 4 aromatic rings. The van der Waals surface area contributed by atoms with Gasteiger partial charge in [-0.3, -0.25) is 0 Å². The maximum atomic E-state index is 7.09. The van der Waals surface area contributed by atoms with Gasteiger partial charge < -0.3 is 0 Å². The molecule has 0 amide bonds. The van der Waals surface area contributed by atoms with Crippen LogP contribution in [0.15, 0.2) is 158 Å². The van der Waals surface area contributed by atoms with E-state index >= 15 is 0 Å². The molecule has 3 heteroatoms. The van der Waals surface area contributed by atoms with Gasteiger partial charge >= 0.3 is 238 Å². The fourth-order valence-electron chi connectivity index (χ4n) is 5.30. The van der Waals surface area contributed by atoms with Crippen LogP contribution in [0, 0.1) is 0 Å². The van der Waals surface area contributed by atoms with E-state index in [0.717, 1.165) is 24.3 Å². The third-order valence-electron chi connectivity index (χ3n) is 7.33. The summed E-state index contributed by atoms with van der Waals surface area (Å²) in [6.07, 6.45) is 19.3. The van der Waals surface area contributed by atoms with Crippen LogP contribution in [0.2, 0.25) is 7.25 Å². The zero-order valence-corrected chi connectivity index (χ0v) is 24.4. The van der Waals surface area contributed by atoms with E-state index in [2.05, 4.69) is 158 Å². The molecule has 6 rings (SSSR count). The molecule has 0 aliphatic heterocycles. The van der Waals surface area contributed by atoms with Crippen molar-refractivity contribution >= 4 is 0 Å². The molecule has 0 spiro atoms. The molecule has 0 radical (unpaired) electrons. The van der Waals surface area contributed by atoms with E-state index in [1.165, 1.54) is 22.3 Å². The summed E-state index contributed by atoms with van der Waals surface area (Å²) in [5.74, 6) is 1.76. The van der Waals surface area contributed by atoms with E-state index in [-0.39, 0.29) is 7.25 Å². The van der Waals surface area contributed by atoms with Crippen molar-refractivity contribution < 1.29 is 26.8 Å². The molecule has 2 aliphatic carbocycles. The van der Waals surface area contributed by atoms with Gasteiger partial charge in [0.1, 0.15) is 0 Å². The Labute approximate surface area is 237 Å². The second kappa shape index (κ2) is 12.0. The average Bonchev–Trinajstić information content (AvgIpc) is 3.72. The Bertz CT molecular complexity index is 1340. The van der Waals surface area contributed by atoms with Crippen LogP contribution in [0.25, 0.3) is 0 Å². The molecule has 0 unspecified atom stereocenters. The third-order valence-corrected chi connectivity index (χ3v) is 16.5. The van der Waals surface area contributed by atoms with E-state index in [1.807, 2.05) is 0 Å². The van der Waals surface area contributed by atoms with Crippen LogP contribution >= 0.6 is 0 Å². The van der Waals surface area contributed by atoms with Crippen molar-refractivity contribution in [3.63, 3.8) is 0 Å². The average molecular weight is 588 g/mol. The Hall–Kier alpha value is -3.68. The van der Waals surface area contributed by atoms with Crippen LogP contribution < -0.4 is 5.63 Å². The zero-order chi connectivity index (χ0) is 26.3. The van der Waals surface area contributed by atoms with Crippen LogP contribution in [0.5, 0.6) is 11.5 Å². The van der Waals surface area contributed by atoms with Crippen molar-refractivity contribution in [2.24, 2.45) is 0 Å². The van der Waals surface area contributed by atoms with Gasteiger partial charge in [-0.1, -0.05) is 0 Å². The first-order chi connectivity index (χ1) is 19.3. The third kappa shape index (κ3) is 6.16. The molecule has 39 heavy (non-hydrogen) atoms. The van der Waals surface area contributed by atoms with Crippen LogP contribution in [-0.4, -0.2) is 0 Å². The van der Waals surface area contributed by atoms with Crippen molar-refractivity contribution in [2.45, 2.75) is 20.1 Å². The van der Waals surface area contributed by atoms with Crippen LogP contribution in [0.3, 0.4) is 0 Å². The summed E-state index contributed by atoms with van der Waals surface area (Å²) < 4.78 is 14.5. The normalized spacial score (nSPS) is 14.8. The van der Waals surface area contributed by atoms with Crippen LogP contribution in [0.1, 0.15) is 22.3 Å². The van der Waals surface area contributed by atoms with Gasteiger partial charge in [-0.05, 0) is 0 Å². The van der Waals surface area contributed by atoms with E-state index in [4.69, 9.17) is 5.63 Å². The molecule has 0 saturated heterocycles. The summed E-state index contributed by atoms with van der Waals surface area (Å²) >= 11 is -3.95. The van der Waals surface area contributed by atoms with E-state index in [0.29, 0.717) is 0 Å². The second-order valence-electron chi connectivity index (χ2n) is 10.1. The van der Waals surface area contributed by atoms with E-state index in [9.17, 15) is 0 Å². The van der Waals surface area contributed by atoms with Crippen molar-refractivity contribution in [1.82, 2.24) is 0 Å². The monoisotopic (exact) mass is 586 g/mol. The number of rotatable bonds is 10. The summed E-state index contributed by atoms with van der Waals surface area (Å²) in [7, 11) is 0. The molecule has 0 saturated carbocycles. The minimum atomic E-state index is -3.95. The first kappa shape index (κ1) is 25.6. The van der Waals surface area contributed by atoms with Crippen molar-refractivity contribution in [3.8, 4) is 11.5 Å². The van der Waals surface area contributed by atoms with E-state index in [1.54, 1.807) is 0 Å². The summed E-state index contributed by atoms with van der Waals surface area (Å²) in [5, 5.41) is 0. The van der Waals surface area contributed by atoms with Crippen molar-refractivity contribution in [2.75, 3.05) is 0 Å². The summed E-state index contributed by atoms with van der Waals surface area (Å²) in [4.78, 5) is 0. The van der Waals surface area contributed by atoms with Gasteiger partial charge in [0.15, 0.2) is 0 Å². The molecule has 0 heterocycles. The first-order valence-electron chi connectivity index (χ1n) is 13.6. The summed E-state index contributed by atoms with van der Waals surface area (Å²) in [5.41, 5.74) is 5.15. The number of hydrogen-bond donors (Lipinski definition) is 0. The fourth-order valence-corrected chi connectivity index (χ4v) is 14.0.